The number of nitrogens with zero attached hydrogens (tertiary/aromatic N) is 1. The van der Waals surface area contributed by atoms with E-state index in [1.165, 1.54) is 29.2 Å². The van der Waals surface area contributed by atoms with Gasteiger partial charge >= 0.3 is 0 Å². The van der Waals surface area contributed by atoms with Crippen LogP contribution in [0.25, 0.3) is 0 Å². The Balaban J connectivity index is 1.91. The van der Waals surface area contributed by atoms with Crippen LogP contribution in [0.4, 0.5) is 11.4 Å². The van der Waals surface area contributed by atoms with Gasteiger partial charge in [0.1, 0.15) is 0 Å². The van der Waals surface area contributed by atoms with Gasteiger partial charge in [0.2, 0.25) is 0 Å². The number of aryl methyl sites for hydroxylation is 2. The van der Waals surface area contributed by atoms with Gasteiger partial charge in [-0.15, -0.1) is 0 Å². The number of halogens is 1. The molecule has 0 heterocycles. The minimum Gasteiger partial charge on any atom is -0.345 e. The number of carbonyl (C=O) groups is 2. The minimum atomic E-state index is -3.93. The summed E-state index contributed by atoms with van der Waals surface area (Å²) < 4.78 is 28.6. The molecule has 33 heavy (non-hydrogen) atoms. The van der Waals surface area contributed by atoms with Crippen LogP contribution in [-0.2, 0) is 10.0 Å². The van der Waals surface area contributed by atoms with Crippen LogP contribution in [0.5, 0.6) is 0 Å². The molecule has 2 amide bonds. The Morgan fingerprint density at radius 3 is 2.30 bits per heavy atom. The lowest BCUT2D eigenvalue weighted by molar-refractivity contribution is 0.0827. The fraction of sp³-hybridized carbons (Fsp3) is 0.167. The first-order valence-corrected chi connectivity index (χ1v) is 11.9. The minimum absolute atomic E-state index is 0.127. The smallest absolute Gasteiger partial charge is 0.262 e. The Kier molecular flexibility index (Phi) is 7.09. The number of benzene rings is 3. The van der Waals surface area contributed by atoms with Crippen molar-refractivity contribution in [2.75, 3.05) is 24.1 Å². The lowest BCUT2D eigenvalue weighted by atomic mass is 10.1. The van der Waals surface area contributed by atoms with Crippen molar-refractivity contribution in [1.82, 2.24) is 4.90 Å². The maximum absolute atomic E-state index is 13.0. The number of amides is 2. The second-order valence-electron chi connectivity index (χ2n) is 7.77. The van der Waals surface area contributed by atoms with Crippen LogP contribution in [-0.4, -0.2) is 39.2 Å². The molecule has 0 unspecified atom stereocenters. The van der Waals surface area contributed by atoms with Crippen molar-refractivity contribution in [2.45, 2.75) is 18.7 Å². The maximum atomic E-state index is 13.0. The molecule has 0 aliphatic carbocycles. The summed E-state index contributed by atoms with van der Waals surface area (Å²) >= 11 is 6.13. The predicted octanol–water partition coefficient (Wildman–Crippen LogP) is 4.71. The van der Waals surface area contributed by atoms with Gasteiger partial charge in [0.15, 0.2) is 0 Å². The highest BCUT2D eigenvalue weighted by atomic mass is 35.5. The van der Waals surface area contributed by atoms with Crippen LogP contribution in [0.15, 0.2) is 65.6 Å². The molecule has 3 rings (SSSR count). The molecule has 0 aliphatic heterocycles. The molecular weight excluding hydrogens is 462 g/mol. The molecule has 3 aromatic carbocycles. The molecule has 0 atom stereocenters. The Bertz CT molecular complexity index is 1340. The summed E-state index contributed by atoms with van der Waals surface area (Å²) in [6.45, 7) is 3.51. The van der Waals surface area contributed by atoms with Crippen molar-refractivity contribution < 1.29 is 18.0 Å². The molecule has 0 spiro atoms. The monoisotopic (exact) mass is 485 g/mol. The van der Waals surface area contributed by atoms with Crippen LogP contribution in [0.1, 0.15) is 31.8 Å². The average molecular weight is 486 g/mol. The second-order valence-corrected chi connectivity index (χ2v) is 9.83. The van der Waals surface area contributed by atoms with Gasteiger partial charge in [0.05, 0.1) is 26.7 Å². The zero-order chi connectivity index (χ0) is 24.3. The molecule has 0 aliphatic rings. The zero-order valence-electron chi connectivity index (χ0n) is 18.6. The van der Waals surface area contributed by atoms with E-state index in [4.69, 9.17) is 11.6 Å². The number of carbonyl (C=O) groups excluding carboxylic acids is 2. The lowest BCUT2D eigenvalue weighted by Gasteiger charge is -2.15. The van der Waals surface area contributed by atoms with Crippen molar-refractivity contribution in [3.05, 3.63) is 87.9 Å². The van der Waals surface area contributed by atoms with Crippen molar-refractivity contribution in [3.8, 4) is 0 Å². The summed E-state index contributed by atoms with van der Waals surface area (Å²) in [7, 11) is -0.727. The third kappa shape index (κ3) is 5.53. The van der Waals surface area contributed by atoms with Gasteiger partial charge in [0, 0.05) is 19.8 Å². The molecule has 172 valence electrons. The fourth-order valence-corrected chi connectivity index (χ4v) is 4.78. The Labute approximate surface area is 198 Å². The Hall–Kier alpha value is -3.36. The van der Waals surface area contributed by atoms with Gasteiger partial charge in [-0.3, -0.25) is 14.3 Å². The second kappa shape index (κ2) is 9.64. The summed E-state index contributed by atoms with van der Waals surface area (Å²) in [5.41, 5.74) is 2.24. The third-order valence-corrected chi connectivity index (χ3v) is 6.75. The van der Waals surface area contributed by atoms with Crippen LogP contribution in [0.2, 0.25) is 5.02 Å². The third-order valence-electron chi connectivity index (χ3n) is 4.91. The SMILES string of the molecule is Cc1ccc(C)c(S(=O)(=O)Nc2ccccc2C(=O)Nc2ccc(Cl)c(C(=O)N(C)C)c2)c1. The number of para-hydroxylation sites is 1. The van der Waals surface area contributed by atoms with E-state index in [1.54, 1.807) is 58.3 Å². The van der Waals surface area contributed by atoms with Gasteiger partial charge in [-0.1, -0.05) is 35.9 Å². The van der Waals surface area contributed by atoms with Crippen molar-refractivity contribution in [2.24, 2.45) is 0 Å². The van der Waals surface area contributed by atoms with Crippen LogP contribution in [0, 0.1) is 13.8 Å². The summed E-state index contributed by atoms with van der Waals surface area (Å²) in [5.74, 6) is -0.849. The molecule has 0 aromatic heterocycles. The van der Waals surface area contributed by atoms with E-state index in [-0.39, 0.29) is 32.6 Å². The predicted molar refractivity (Wildman–Crippen MR) is 131 cm³/mol. The molecule has 0 bridgehead atoms. The molecular formula is C24H24ClN3O4S. The highest BCUT2D eigenvalue weighted by Gasteiger charge is 2.21. The molecule has 0 radical (unpaired) electrons. The van der Waals surface area contributed by atoms with Gasteiger partial charge < -0.3 is 10.2 Å². The van der Waals surface area contributed by atoms with Gasteiger partial charge in [0.25, 0.3) is 21.8 Å². The quantitative estimate of drug-likeness (QED) is 0.528. The average Bonchev–Trinajstić information content (AvgIpc) is 2.76. The molecule has 9 heteroatoms. The van der Waals surface area contributed by atoms with Crippen molar-refractivity contribution in [3.63, 3.8) is 0 Å². The Morgan fingerprint density at radius 1 is 0.909 bits per heavy atom. The van der Waals surface area contributed by atoms with Crippen molar-refractivity contribution in [1.29, 1.82) is 0 Å². The number of sulfonamides is 1. The van der Waals surface area contributed by atoms with Crippen molar-refractivity contribution >= 4 is 44.8 Å². The summed E-state index contributed by atoms with van der Waals surface area (Å²) in [6.07, 6.45) is 0. The molecule has 0 saturated carbocycles. The normalized spacial score (nSPS) is 11.1. The Morgan fingerprint density at radius 2 is 1.61 bits per heavy atom. The first-order valence-electron chi connectivity index (χ1n) is 10.0. The van der Waals surface area contributed by atoms with Gasteiger partial charge in [-0.25, -0.2) is 8.42 Å². The first-order chi connectivity index (χ1) is 15.5. The molecule has 7 nitrogen and oxygen atoms in total. The van der Waals surface area contributed by atoms with Crippen LogP contribution in [0.3, 0.4) is 0 Å². The van der Waals surface area contributed by atoms with Gasteiger partial charge in [-0.05, 0) is 61.4 Å². The van der Waals surface area contributed by atoms with E-state index in [9.17, 15) is 18.0 Å². The first kappa shape index (κ1) is 24.3. The highest BCUT2D eigenvalue weighted by molar-refractivity contribution is 7.92. The number of nitrogens with one attached hydrogen (secondary N) is 2. The largest absolute Gasteiger partial charge is 0.345 e. The summed E-state index contributed by atoms with van der Waals surface area (Å²) in [4.78, 5) is 26.8. The fourth-order valence-electron chi connectivity index (χ4n) is 3.17. The number of hydrogen-bond donors (Lipinski definition) is 2. The van der Waals surface area contributed by atoms with Crippen LogP contribution < -0.4 is 10.0 Å². The van der Waals surface area contributed by atoms with E-state index < -0.39 is 15.9 Å². The van der Waals surface area contributed by atoms with Crippen LogP contribution >= 0.6 is 11.6 Å². The molecule has 0 saturated heterocycles. The number of rotatable bonds is 6. The van der Waals surface area contributed by atoms with E-state index >= 15 is 0 Å². The molecule has 3 aromatic rings. The van der Waals surface area contributed by atoms with E-state index in [0.29, 0.717) is 11.3 Å². The summed E-state index contributed by atoms with van der Waals surface area (Å²) in [5, 5.41) is 2.96. The standard InChI is InChI=1S/C24H24ClN3O4S/c1-15-9-10-16(2)22(13-15)33(31,32)27-21-8-6-5-7-18(21)23(29)26-17-11-12-20(25)19(14-17)24(30)28(3)4/h5-14,27H,1-4H3,(H,26,29). The molecule has 0 fully saturated rings. The van der Waals surface area contributed by atoms with Gasteiger partial charge in [-0.2, -0.15) is 0 Å². The summed E-state index contributed by atoms with van der Waals surface area (Å²) in [6, 6.07) is 16.0. The highest BCUT2D eigenvalue weighted by Crippen LogP contribution is 2.25. The maximum Gasteiger partial charge on any atom is 0.262 e. The van der Waals surface area contributed by atoms with E-state index in [1.807, 2.05) is 6.07 Å². The van der Waals surface area contributed by atoms with E-state index in [0.717, 1.165) is 5.56 Å². The lowest BCUT2D eigenvalue weighted by Crippen LogP contribution is -2.22. The number of anilines is 2. The topological polar surface area (TPSA) is 95.6 Å². The molecule has 2 N–H and O–H groups in total. The van der Waals surface area contributed by atoms with E-state index in [2.05, 4.69) is 10.0 Å². The zero-order valence-corrected chi connectivity index (χ0v) is 20.2. The number of hydrogen-bond acceptors (Lipinski definition) is 4.